The number of halogens is 5. The van der Waals surface area contributed by atoms with Crippen LogP contribution in [0.2, 0.25) is 5.02 Å². The summed E-state index contributed by atoms with van der Waals surface area (Å²) in [5, 5.41) is 2.47. The third kappa shape index (κ3) is 5.06. The highest BCUT2D eigenvalue weighted by Gasteiger charge is 2.21. The van der Waals surface area contributed by atoms with Gasteiger partial charge < -0.3 is 10.1 Å². The van der Waals surface area contributed by atoms with Crippen LogP contribution in [0.5, 0.6) is 5.75 Å². The summed E-state index contributed by atoms with van der Waals surface area (Å²) in [6.45, 7) is -2.96. The van der Waals surface area contributed by atoms with Crippen molar-refractivity contribution in [2.75, 3.05) is 0 Å². The SMILES string of the molecule is O=C(NC(c1ccccc1)c1ccc(OC(F)F)cc1)c1cc(F)c(F)cc1Cl. The third-order valence-electron chi connectivity index (χ3n) is 4.10. The Morgan fingerprint density at radius 2 is 1.48 bits per heavy atom. The van der Waals surface area contributed by atoms with Gasteiger partial charge in [-0.2, -0.15) is 8.78 Å². The number of amides is 1. The van der Waals surface area contributed by atoms with E-state index in [4.69, 9.17) is 11.6 Å². The number of rotatable bonds is 6. The summed E-state index contributed by atoms with van der Waals surface area (Å²) in [5.41, 5.74) is 1.01. The van der Waals surface area contributed by atoms with Gasteiger partial charge >= 0.3 is 6.61 Å². The molecule has 0 saturated carbocycles. The van der Waals surface area contributed by atoms with Gasteiger partial charge in [-0.05, 0) is 35.4 Å². The summed E-state index contributed by atoms with van der Waals surface area (Å²) in [6.07, 6.45) is 0. The summed E-state index contributed by atoms with van der Waals surface area (Å²) < 4.78 is 55.9. The lowest BCUT2D eigenvalue weighted by atomic mass is 9.98. The van der Waals surface area contributed by atoms with Crippen LogP contribution in [0.1, 0.15) is 27.5 Å². The lowest BCUT2D eigenvalue weighted by molar-refractivity contribution is -0.0498. The zero-order valence-electron chi connectivity index (χ0n) is 14.7. The van der Waals surface area contributed by atoms with Crippen molar-refractivity contribution in [1.82, 2.24) is 5.32 Å². The molecule has 0 radical (unpaired) electrons. The van der Waals surface area contributed by atoms with Gasteiger partial charge in [0.2, 0.25) is 0 Å². The van der Waals surface area contributed by atoms with Crippen LogP contribution in [0, 0.1) is 11.6 Å². The second-order valence-electron chi connectivity index (χ2n) is 6.01. The Morgan fingerprint density at radius 1 is 0.897 bits per heavy atom. The summed E-state index contributed by atoms with van der Waals surface area (Å²) in [7, 11) is 0. The molecule has 0 bridgehead atoms. The summed E-state index contributed by atoms with van der Waals surface area (Å²) >= 11 is 5.89. The molecule has 150 valence electrons. The molecule has 0 aromatic heterocycles. The maximum atomic E-state index is 13.6. The molecule has 0 saturated heterocycles. The first-order valence-electron chi connectivity index (χ1n) is 8.40. The van der Waals surface area contributed by atoms with Crippen molar-refractivity contribution >= 4 is 17.5 Å². The molecule has 29 heavy (non-hydrogen) atoms. The molecule has 0 aliphatic rings. The predicted octanol–water partition coefficient (Wildman–Crippen LogP) is 5.74. The number of hydrogen-bond donors (Lipinski definition) is 1. The molecular weight excluding hydrogens is 410 g/mol. The van der Waals surface area contributed by atoms with Crippen LogP contribution in [0.25, 0.3) is 0 Å². The molecule has 3 rings (SSSR count). The zero-order valence-corrected chi connectivity index (χ0v) is 15.5. The van der Waals surface area contributed by atoms with Gasteiger partial charge in [-0.25, -0.2) is 8.78 Å². The number of nitrogens with one attached hydrogen (secondary N) is 1. The molecule has 1 atom stereocenters. The molecule has 1 unspecified atom stereocenters. The molecule has 3 aromatic carbocycles. The monoisotopic (exact) mass is 423 g/mol. The first kappa shape index (κ1) is 20.7. The fourth-order valence-corrected chi connectivity index (χ4v) is 2.99. The van der Waals surface area contributed by atoms with Crippen LogP contribution >= 0.6 is 11.6 Å². The first-order chi connectivity index (χ1) is 13.8. The van der Waals surface area contributed by atoms with Gasteiger partial charge in [0.05, 0.1) is 16.6 Å². The fraction of sp³-hybridized carbons (Fsp3) is 0.0952. The van der Waals surface area contributed by atoms with Crippen molar-refractivity contribution in [3.63, 3.8) is 0 Å². The van der Waals surface area contributed by atoms with Gasteiger partial charge in [0, 0.05) is 0 Å². The van der Waals surface area contributed by atoms with E-state index in [0.29, 0.717) is 17.2 Å². The van der Waals surface area contributed by atoms with Crippen LogP contribution in [-0.2, 0) is 0 Å². The minimum atomic E-state index is -2.96. The van der Waals surface area contributed by atoms with E-state index in [-0.39, 0.29) is 16.3 Å². The standard InChI is InChI=1S/C21H14ClF4NO2/c22-16-11-18(24)17(23)10-15(16)20(28)27-19(12-4-2-1-3-5-12)13-6-8-14(9-7-13)29-21(25)26/h1-11,19,21H,(H,27,28). The molecule has 3 nitrogen and oxygen atoms in total. The van der Waals surface area contributed by atoms with Crippen molar-refractivity contribution in [2.45, 2.75) is 12.7 Å². The maximum Gasteiger partial charge on any atom is 0.387 e. The average molecular weight is 424 g/mol. The Balaban J connectivity index is 1.93. The lowest BCUT2D eigenvalue weighted by Gasteiger charge is -2.21. The zero-order chi connectivity index (χ0) is 21.0. The second-order valence-corrected chi connectivity index (χ2v) is 6.42. The van der Waals surface area contributed by atoms with E-state index in [1.165, 1.54) is 24.3 Å². The molecule has 0 fully saturated rings. The highest BCUT2D eigenvalue weighted by atomic mass is 35.5. The van der Waals surface area contributed by atoms with Crippen molar-refractivity contribution in [3.8, 4) is 5.75 Å². The van der Waals surface area contributed by atoms with Gasteiger partial charge in [0.25, 0.3) is 5.91 Å². The Bertz CT molecular complexity index is 998. The molecule has 8 heteroatoms. The van der Waals surface area contributed by atoms with Crippen molar-refractivity contribution in [1.29, 1.82) is 0 Å². The van der Waals surface area contributed by atoms with Gasteiger partial charge in [-0.1, -0.05) is 54.1 Å². The summed E-state index contributed by atoms with van der Waals surface area (Å²) in [4.78, 5) is 12.7. The van der Waals surface area contributed by atoms with Crippen LogP contribution in [0.15, 0.2) is 66.7 Å². The van der Waals surface area contributed by atoms with Crippen LogP contribution in [-0.4, -0.2) is 12.5 Å². The van der Waals surface area contributed by atoms with E-state index >= 15 is 0 Å². The first-order valence-corrected chi connectivity index (χ1v) is 8.78. The van der Waals surface area contributed by atoms with Gasteiger partial charge in [-0.3, -0.25) is 4.79 Å². The van der Waals surface area contributed by atoms with Crippen molar-refractivity contribution < 1.29 is 27.1 Å². The number of carbonyl (C=O) groups is 1. The van der Waals surface area contributed by atoms with Crippen LogP contribution in [0.4, 0.5) is 17.6 Å². The number of carbonyl (C=O) groups excluding carboxylic acids is 1. The number of ether oxygens (including phenoxy) is 1. The Hall–Kier alpha value is -3.06. The molecule has 3 aromatic rings. The van der Waals surface area contributed by atoms with Gasteiger partial charge in [-0.15, -0.1) is 0 Å². The van der Waals surface area contributed by atoms with Gasteiger partial charge in [0.15, 0.2) is 11.6 Å². The topological polar surface area (TPSA) is 38.3 Å². The number of alkyl halides is 2. The van der Waals surface area contributed by atoms with Crippen LogP contribution < -0.4 is 10.1 Å². The smallest absolute Gasteiger partial charge is 0.387 e. The van der Waals surface area contributed by atoms with Gasteiger partial charge in [0.1, 0.15) is 5.75 Å². The Kier molecular flexibility index (Phi) is 6.39. The molecule has 1 amide bonds. The molecular formula is C21H14ClF4NO2. The van der Waals surface area contributed by atoms with E-state index in [0.717, 1.165) is 6.07 Å². The second kappa shape index (κ2) is 8.96. The van der Waals surface area contributed by atoms with Crippen molar-refractivity contribution in [3.05, 3.63) is 100 Å². The minimum absolute atomic E-state index is 0.0365. The van der Waals surface area contributed by atoms with E-state index in [1.807, 2.05) is 0 Å². The highest BCUT2D eigenvalue weighted by Crippen LogP contribution is 2.27. The molecule has 0 aliphatic heterocycles. The lowest BCUT2D eigenvalue weighted by Crippen LogP contribution is -2.29. The number of hydrogen-bond acceptors (Lipinski definition) is 2. The quantitative estimate of drug-likeness (QED) is 0.405. The largest absolute Gasteiger partial charge is 0.435 e. The Morgan fingerprint density at radius 3 is 2.10 bits per heavy atom. The third-order valence-corrected chi connectivity index (χ3v) is 4.41. The van der Waals surface area contributed by atoms with Crippen LogP contribution in [0.3, 0.4) is 0 Å². The Labute approximate surface area is 168 Å². The van der Waals surface area contributed by atoms with Crippen molar-refractivity contribution in [2.24, 2.45) is 0 Å². The normalized spacial score (nSPS) is 11.9. The van der Waals surface area contributed by atoms with E-state index in [1.54, 1.807) is 30.3 Å². The minimum Gasteiger partial charge on any atom is -0.435 e. The molecule has 1 N–H and O–H groups in total. The fourth-order valence-electron chi connectivity index (χ4n) is 2.75. The molecule has 0 heterocycles. The summed E-state index contributed by atoms with van der Waals surface area (Å²) in [6, 6.07) is 15.3. The number of benzene rings is 3. The molecule has 0 spiro atoms. The van der Waals surface area contributed by atoms with E-state index < -0.39 is 30.2 Å². The highest BCUT2D eigenvalue weighted by molar-refractivity contribution is 6.33. The predicted molar refractivity (Wildman–Crippen MR) is 100 cm³/mol. The molecule has 0 aliphatic carbocycles. The summed E-state index contributed by atoms with van der Waals surface area (Å²) in [5.74, 6) is -3.13. The van der Waals surface area contributed by atoms with E-state index in [2.05, 4.69) is 10.1 Å². The maximum absolute atomic E-state index is 13.6. The average Bonchev–Trinajstić information content (AvgIpc) is 2.69. The van der Waals surface area contributed by atoms with E-state index in [9.17, 15) is 22.4 Å².